The van der Waals surface area contributed by atoms with Gasteiger partial charge in [0.1, 0.15) is 11.6 Å². The third-order valence-corrected chi connectivity index (χ3v) is 10.9. The monoisotopic (exact) mass is 630 g/mol. The molecular formula is C40H43FN4O2. The van der Waals surface area contributed by atoms with E-state index in [1.54, 1.807) is 11.9 Å². The highest BCUT2D eigenvalue weighted by Crippen LogP contribution is 2.46. The molecule has 0 radical (unpaired) electrons. The first-order chi connectivity index (χ1) is 23.0. The number of carbonyl (C=O) groups is 1. The Morgan fingerprint density at radius 2 is 1.51 bits per heavy atom. The zero-order valence-corrected chi connectivity index (χ0v) is 27.2. The number of ether oxygens (including phenoxy) is 1. The molecule has 47 heavy (non-hydrogen) atoms. The van der Waals surface area contributed by atoms with Gasteiger partial charge in [-0.1, -0.05) is 60.7 Å². The summed E-state index contributed by atoms with van der Waals surface area (Å²) in [5.41, 5.74) is 7.32. The van der Waals surface area contributed by atoms with Gasteiger partial charge in [-0.3, -0.25) is 9.69 Å². The fourth-order valence-corrected chi connectivity index (χ4v) is 8.28. The first-order valence-corrected chi connectivity index (χ1v) is 17.2. The summed E-state index contributed by atoms with van der Waals surface area (Å²) < 4.78 is 21.2. The number of rotatable bonds is 6. The lowest BCUT2D eigenvalue weighted by atomic mass is 9.76. The van der Waals surface area contributed by atoms with Crippen molar-refractivity contribution in [3.63, 3.8) is 0 Å². The van der Waals surface area contributed by atoms with Crippen molar-refractivity contribution in [1.82, 2.24) is 9.80 Å². The van der Waals surface area contributed by atoms with Gasteiger partial charge >= 0.3 is 0 Å². The fourth-order valence-electron chi connectivity index (χ4n) is 8.28. The van der Waals surface area contributed by atoms with Crippen LogP contribution in [-0.4, -0.2) is 75.2 Å². The summed E-state index contributed by atoms with van der Waals surface area (Å²) in [6.07, 6.45) is 2.37. The van der Waals surface area contributed by atoms with Gasteiger partial charge in [0, 0.05) is 88.1 Å². The zero-order chi connectivity index (χ0) is 31.9. The predicted molar refractivity (Wildman–Crippen MR) is 185 cm³/mol. The Morgan fingerprint density at radius 1 is 0.787 bits per heavy atom. The van der Waals surface area contributed by atoms with Crippen molar-refractivity contribution in [1.29, 1.82) is 0 Å². The summed E-state index contributed by atoms with van der Waals surface area (Å²) in [4.78, 5) is 21.2. The molecule has 4 heterocycles. The standard InChI is InChI=1S/C40H43FN4O2/c1-42-26-31-23-37(36(41)24-34(31)40(42)46)45-21-19-43(20-22-45)25-28-15-17-44(18-16-28)32-13-11-30(12-14-32)39-33-9-5-6-10-38(33)47-27-35(39)29-7-3-2-4-8-29/h2-14,23-24,28,35,39H,15-22,25-27H2,1H3. The molecule has 2 fully saturated rings. The normalized spacial score (nSPS) is 21.8. The Labute approximate surface area is 277 Å². The molecule has 242 valence electrons. The Morgan fingerprint density at radius 3 is 2.28 bits per heavy atom. The molecular weight excluding hydrogens is 587 g/mol. The number of carbonyl (C=O) groups excluding carboxylic acids is 1. The van der Waals surface area contributed by atoms with Crippen molar-refractivity contribution in [2.75, 3.05) is 69.3 Å². The number of para-hydroxylation sites is 1. The van der Waals surface area contributed by atoms with Crippen LogP contribution in [0.25, 0.3) is 0 Å². The smallest absolute Gasteiger partial charge is 0.254 e. The SMILES string of the molecule is CN1Cc2cc(N3CCN(CC4CCN(c5ccc(C6c7ccccc7OCC6c6ccccc6)cc5)CC4)CC3)c(F)cc2C1=O. The van der Waals surface area contributed by atoms with Crippen molar-refractivity contribution in [3.05, 3.63) is 125 Å². The Balaban J connectivity index is 0.870. The summed E-state index contributed by atoms with van der Waals surface area (Å²) in [6, 6.07) is 31.9. The number of hydrogen-bond acceptors (Lipinski definition) is 5. The number of piperidine rings is 1. The number of fused-ring (bicyclic) bond motifs is 2. The Hall–Kier alpha value is -4.36. The van der Waals surface area contributed by atoms with E-state index in [0.29, 0.717) is 30.3 Å². The van der Waals surface area contributed by atoms with Crippen molar-refractivity contribution < 1.29 is 13.9 Å². The number of anilines is 2. The van der Waals surface area contributed by atoms with Crippen LogP contribution in [0.1, 0.15) is 57.3 Å². The van der Waals surface area contributed by atoms with E-state index in [4.69, 9.17) is 4.74 Å². The van der Waals surface area contributed by atoms with E-state index in [1.807, 2.05) is 6.07 Å². The molecule has 0 spiro atoms. The maximum absolute atomic E-state index is 15.0. The van der Waals surface area contributed by atoms with Gasteiger partial charge in [-0.15, -0.1) is 0 Å². The highest BCUT2D eigenvalue weighted by atomic mass is 19.1. The molecule has 8 rings (SSSR count). The molecule has 7 heteroatoms. The van der Waals surface area contributed by atoms with Crippen molar-refractivity contribution in [2.45, 2.75) is 31.2 Å². The van der Waals surface area contributed by atoms with E-state index in [9.17, 15) is 4.79 Å². The molecule has 4 aromatic carbocycles. The molecule has 2 unspecified atom stereocenters. The highest BCUT2D eigenvalue weighted by molar-refractivity contribution is 5.98. The second-order valence-corrected chi connectivity index (χ2v) is 13.8. The molecule has 1 amide bonds. The molecule has 6 nitrogen and oxygen atoms in total. The number of benzene rings is 4. The maximum atomic E-state index is 15.0. The molecule has 4 aromatic rings. The number of piperazine rings is 1. The van der Waals surface area contributed by atoms with Gasteiger partial charge in [0.15, 0.2) is 0 Å². The van der Waals surface area contributed by atoms with Gasteiger partial charge in [-0.2, -0.15) is 0 Å². The second kappa shape index (κ2) is 12.7. The topological polar surface area (TPSA) is 39.3 Å². The summed E-state index contributed by atoms with van der Waals surface area (Å²) in [6.45, 7) is 8.00. The maximum Gasteiger partial charge on any atom is 0.254 e. The average molecular weight is 631 g/mol. The van der Waals surface area contributed by atoms with Gasteiger partial charge in [0.05, 0.1) is 12.3 Å². The zero-order valence-electron chi connectivity index (χ0n) is 27.2. The minimum atomic E-state index is -0.283. The molecule has 0 bridgehead atoms. The van der Waals surface area contributed by atoms with Crippen molar-refractivity contribution in [3.8, 4) is 5.75 Å². The first-order valence-electron chi connectivity index (χ1n) is 17.2. The molecule has 2 atom stereocenters. The largest absolute Gasteiger partial charge is 0.493 e. The van der Waals surface area contributed by atoms with Crippen LogP contribution in [0.3, 0.4) is 0 Å². The van der Waals surface area contributed by atoms with E-state index >= 15 is 4.39 Å². The van der Waals surface area contributed by atoms with E-state index in [0.717, 1.165) is 57.1 Å². The minimum absolute atomic E-state index is 0.0866. The van der Waals surface area contributed by atoms with Crippen molar-refractivity contribution >= 4 is 17.3 Å². The fraction of sp³-hybridized carbons (Fsp3) is 0.375. The summed E-state index contributed by atoms with van der Waals surface area (Å²) >= 11 is 0. The quantitative estimate of drug-likeness (QED) is 0.236. The molecule has 4 aliphatic heterocycles. The minimum Gasteiger partial charge on any atom is -0.493 e. The molecule has 2 saturated heterocycles. The van der Waals surface area contributed by atoms with Crippen LogP contribution in [0.2, 0.25) is 0 Å². The van der Waals surface area contributed by atoms with Crippen LogP contribution >= 0.6 is 0 Å². The van der Waals surface area contributed by atoms with Crippen LogP contribution in [0.15, 0.2) is 91.0 Å². The summed E-state index contributed by atoms with van der Waals surface area (Å²) in [5, 5.41) is 0. The van der Waals surface area contributed by atoms with E-state index in [1.165, 1.54) is 41.3 Å². The lowest BCUT2D eigenvalue weighted by molar-refractivity contribution is 0.0816. The third kappa shape index (κ3) is 5.86. The molecule has 0 N–H and O–H groups in total. The number of amides is 1. The summed E-state index contributed by atoms with van der Waals surface area (Å²) in [7, 11) is 1.77. The van der Waals surface area contributed by atoms with E-state index in [-0.39, 0.29) is 23.6 Å². The van der Waals surface area contributed by atoms with Crippen LogP contribution < -0.4 is 14.5 Å². The van der Waals surface area contributed by atoms with Crippen molar-refractivity contribution in [2.24, 2.45) is 5.92 Å². The molecule has 0 aliphatic carbocycles. The Kier molecular flexibility index (Phi) is 8.10. The van der Waals surface area contributed by atoms with Gasteiger partial charge in [0.2, 0.25) is 0 Å². The van der Waals surface area contributed by atoms with Gasteiger partial charge < -0.3 is 19.4 Å². The van der Waals surface area contributed by atoms with Gasteiger partial charge in [-0.05, 0) is 65.8 Å². The molecule has 4 aliphatic rings. The number of halogens is 1. The van der Waals surface area contributed by atoms with Crippen LogP contribution in [0.5, 0.6) is 5.75 Å². The summed E-state index contributed by atoms with van der Waals surface area (Å²) in [5.74, 6) is 1.84. The van der Waals surface area contributed by atoms with Crippen LogP contribution in [0.4, 0.5) is 15.8 Å². The van der Waals surface area contributed by atoms with Gasteiger partial charge in [0.25, 0.3) is 5.91 Å². The Bertz CT molecular complexity index is 1730. The highest BCUT2D eigenvalue weighted by Gasteiger charge is 2.34. The van der Waals surface area contributed by atoms with Crippen LogP contribution in [0, 0.1) is 11.7 Å². The second-order valence-electron chi connectivity index (χ2n) is 13.8. The molecule has 0 aromatic heterocycles. The lowest BCUT2D eigenvalue weighted by Crippen LogP contribution is -2.49. The first kappa shape index (κ1) is 30.0. The average Bonchev–Trinajstić information content (AvgIpc) is 3.40. The molecule has 0 saturated carbocycles. The van der Waals surface area contributed by atoms with E-state index in [2.05, 4.69) is 93.6 Å². The third-order valence-electron chi connectivity index (χ3n) is 10.9. The van der Waals surface area contributed by atoms with Gasteiger partial charge in [-0.25, -0.2) is 4.39 Å². The number of nitrogens with zero attached hydrogens (tertiary/aromatic N) is 4. The number of hydrogen-bond donors (Lipinski definition) is 0. The van der Waals surface area contributed by atoms with Crippen LogP contribution in [-0.2, 0) is 6.54 Å². The lowest BCUT2D eigenvalue weighted by Gasteiger charge is -2.40. The predicted octanol–water partition coefficient (Wildman–Crippen LogP) is 6.76. The van der Waals surface area contributed by atoms with E-state index < -0.39 is 0 Å².